The average Bonchev–Trinajstić information content (AvgIpc) is 2.64. The number of alkyl halides is 1. The molecule has 0 spiro atoms. The zero-order valence-corrected chi connectivity index (χ0v) is 13.8. The van der Waals surface area contributed by atoms with Gasteiger partial charge in [0.2, 0.25) is 0 Å². The third-order valence-corrected chi connectivity index (χ3v) is 6.61. The number of halogens is 2. The van der Waals surface area contributed by atoms with E-state index in [2.05, 4.69) is 28.1 Å². The molecule has 0 saturated heterocycles. The van der Waals surface area contributed by atoms with Gasteiger partial charge in [0, 0.05) is 21.0 Å². The first-order valence-corrected chi connectivity index (χ1v) is 9.17. The van der Waals surface area contributed by atoms with E-state index in [1.54, 1.807) is 0 Å². The first-order valence-electron chi connectivity index (χ1n) is 6.68. The molecule has 1 fully saturated rings. The molecule has 0 aromatic heterocycles. The van der Waals surface area contributed by atoms with Gasteiger partial charge >= 0.3 is 0 Å². The summed E-state index contributed by atoms with van der Waals surface area (Å²) in [5.74, 6) is 1.22. The molecule has 1 aliphatic rings. The molecule has 1 aromatic carbocycles. The molecule has 1 aliphatic carbocycles. The van der Waals surface area contributed by atoms with Crippen LogP contribution in [0.5, 0.6) is 0 Å². The van der Waals surface area contributed by atoms with Crippen molar-refractivity contribution in [3.63, 3.8) is 0 Å². The molecular formula is C15H20BrClS. The third-order valence-electron chi connectivity index (χ3n) is 3.81. The van der Waals surface area contributed by atoms with Crippen LogP contribution in [-0.4, -0.2) is 11.1 Å². The lowest BCUT2D eigenvalue weighted by Crippen LogP contribution is -2.25. The molecule has 2 rings (SSSR count). The molecule has 18 heavy (non-hydrogen) atoms. The molecule has 3 heteroatoms. The van der Waals surface area contributed by atoms with Gasteiger partial charge in [-0.15, -0.1) is 11.8 Å². The van der Waals surface area contributed by atoms with E-state index >= 15 is 0 Å². The summed E-state index contributed by atoms with van der Waals surface area (Å²) in [4.78, 5) is 1.34. The number of benzene rings is 1. The molecular weight excluding hydrogens is 328 g/mol. The summed E-state index contributed by atoms with van der Waals surface area (Å²) < 4.78 is 0. The van der Waals surface area contributed by atoms with E-state index in [0.29, 0.717) is 5.41 Å². The quantitative estimate of drug-likeness (QED) is 0.356. The lowest BCUT2D eigenvalue weighted by Gasteiger charge is -2.30. The summed E-state index contributed by atoms with van der Waals surface area (Å²) >= 11 is 11.7. The second kappa shape index (κ2) is 7.21. The lowest BCUT2D eigenvalue weighted by molar-refractivity contribution is 0.334. The maximum Gasteiger partial charge on any atom is 0.0406 e. The monoisotopic (exact) mass is 346 g/mol. The highest BCUT2D eigenvalue weighted by molar-refractivity contribution is 9.09. The van der Waals surface area contributed by atoms with Crippen molar-refractivity contribution in [2.75, 3.05) is 11.1 Å². The normalized spacial score (nSPS) is 19.4. The Morgan fingerprint density at radius 3 is 2.22 bits per heavy atom. The van der Waals surface area contributed by atoms with Crippen molar-refractivity contribution in [3.8, 4) is 0 Å². The van der Waals surface area contributed by atoms with E-state index in [4.69, 9.17) is 11.6 Å². The predicted molar refractivity (Wildman–Crippen MR) is 86.1 cm³/mol. The topological polar surface area (TPSA) is 0 Å². The van der Waals surface area contributed by atoms with Gasteiger partial charge in [0.1, 0.15) is 0 Å². The minimum absolute atomic E-state index is 0.501. The number of rotatable bonds is 4. The van der Waals surface area contributed by atoms with E-state index < -0.39 is 0 Å². The molecule has 0 atom stereocenters. The van der Waals surface area contributed by atoms with Crippen LogP contribution in [0.15, 0.2) is 29.2 Å². The third kappa shape index (κ3) is 4.18. The Morgan fingerprint density at radius 1 is 1.06 bits per heavy atom. The molecule has 0 amide bonds. The summed E-state index contributed by atoms with van der Waals surface area (Å²) in [6, 6.07) is 8.23. The van der Waals surface area contributed by atoms with Gasteiger partial charge < -0.3 is 0 Å². The Balaban J connectivity index is 1.95. The largest absolute Gasteiger partial charge is 0.126 e. The zero-order chi connectivity index (χ0) is 12.8. The van der Waals surface area contributed by atoms with Crippen LogP contribution in [0.2, 0.25) is 5.02 Å². The highest BCUT2D eigenvalue weighted by Gasteiger charge is 2.29. The van der Waals surface area contributed by atoms with Gasteiger partial charge in [0.25, 0.3) is 0 Å². The molecule has 1 aromatic rings. The summed E-state index contributed by atoms with van der Waals surface area (Å²) in [5, 5.41) is 1.96. The van der Waals surface area contributed by atoms with Crippen LogP contribution >= 0.6 is 39.3 Å². The van der Waals surface area contributed by atoms with Crippen LogP contribution in [-0.2, 0) is 0 Å². The summed E-state index contributed by atoms with van der Waals surface area (Å²) in [7, 11) is 0. The SMILES string of the molecule is Clc1ccc(SCC2(CBr)CCCCCC2)cc1. The van der Waals surface area contributed by atoms with Crippen LogP contribution in [0.1, 0.15) is 38.5 Å². The van der Waals surface area contributed by atoms with E-state index in [1.165, 1.54) is 49.2 Å². The van der Waals surface area contributed by atoms with Crippen molar-refractivity contribution >= 4 is 39.3 Å². The molecule has 0 radical (unpaired) electrons. The Labute approximate surface area is 128 Å². The minimum atomic E-state index is 0.501. The molecule has 0 unspecified atom stereocenters. The first-order chi connectivity index (χ1) is 8.74. The van der Waals surface area contributed by atoms with Crippen molar-refractivity contribution in [3.05, 3.63) is 29.3 Å². The van der Waals surface area contributed by atoms with Crippen LogP contribution in [0.3, 0.4) is 0 Å². The molecule has 0 nitrogen and oxygen atoms in total. The van der Waals surface area contributed by atoms with Crippen LogP contribution < -0.4 is 0 Å². The summed E-state index contributed by atoms with van der Waals surface area (Å²) in [5.41, 5.74) is 0.501. The van der Waals surface area contributed by atoms with Gasteiger partial charge in [0.05, 0.1) is 0 Å². The first kappa shape index (κ1) is 14.7. The maximum absolute atomic E-state index is 5.92. The fourth-order valence-electron chi connectivity index (χ4n) is 2.56. The van der Waals surface area contributed by atoms with Crippen molar-refractivity contribution < 1.29 is 0 Å². The fraction of sp³-hybridized carbons (Fsp3) is 0.600. The molecule has 0 N–H and O–H groups in total. The van der Waals surface area contributed by atoms with Gasteiger partial charge in [-0.25, -0.2) is 0 Å². The van der Waals surface area contributed by atoms with Crippen LogP contribution in [0.25, 0.3) is 0 Å². The van der Waals surface area contributed by atoms with E-state index in [1.807, 2.05) is 23.9 Å². The van der Waals surface area contributed by atoms with Gasteiger partial charge in [-0.1, -0.05) is 53.2 Å². The highest BCUT2D eigenvalue weighted by atomic mass is 79.9. The smallest absolute Gasteiger partial charge is 0.0406 e. The highest BCUT2D eigenvalue weighted by Crippen LogP contribution is 2.41. The second-order valence-corrected chi connectivity index (χ2v) is 7.34. The Morgan fingerprint density at radius 2 is 1.67 bits per heavy atom. The molecule has 1 saturated carbocycles. The Bertz CT molecular complexity index is 355. The number of hydrogen-bond acceptors (Lipinski definition) is 1. The Hall–Kier alpha value is 0.340. The maximum atomic E-state index is 5.92. The van der Waals surface area contributed by atoms with Crippen molar-refractivity contribution in [2.45, 2.75) is 43.4 Å². The van der Waals surface area contributed by atoms with Gasteiger partial charge in [-0.05, 0) is 42.5 Å². The lowest BCUT2D eigenvalue weighted by atomic mass is 9.85. The standard InChI is InChI=1S/C15H20BrClS/c16-11-15(9-3-1-2-4-10-15)12-18-14-7-5-13(17)6-8-14/h5-8H,1-4,9-12H2. The van der Waals surface area contributed by atoms with Gasteiger partial charge in [-0.3, -0.25) is 0 Å². The van der Waals surface area contributed by atoms with Gasteiger partial charge in [0.15, 0.2) is 0 Å². The van der Waals surface area contributed by atoms with Crippen LogP contribution in [0, 0.1) is 5.41 Å². The van der Waals surface area contributed by atoms with Crippen LogP contribution in [0.4, 0.5) is 0 Å². The minimum Gasteiger partial charge on any atom is -0.126 e. The number of hydrogen-bond donors (Lipinski definition) is 0. The van der Waals surface area contributed by atoms with Crippen molar-refractivity contribution in [1.29, 1.82) is 0 Å². The number of thioether (sulfide) groups is 1. The van der Waals surface area contributed by atoms with E-state index in [-0.39, 0.29) is 0 Å². The van der Waals surface area contributed by atoms with E-state index in [0.717, 1.165) is 10.4 Å². The Kier molecular flexibility index (Phi) is 5.91. The average molecular weight is 348 g/mol. The fourth-order valence-corrected chi connectivity index (χ4v) is 4.90. The second-order valence-electron chi connectivity index (χ2n) is 5.29. The van der Waals surface area contributed by atoms with Crippen molar-refractivity contribution in [2.24, 2.45) is 5.41 Å². The predicted octanol–water partition coefficient (Wildman–Crippen LogP) is 6.17. The molecule has 100 valence electrons. The summed E-state index contributed by atoms with van der Waals surface area (Å²) in [6.45, 7) is 0. The molecule has 0 aliphatic heterocycles. The zero-order valence-electron chi connectivity index (χ0n) is 10.6. The van der Waals surface area contributed by atoms with Gasteiger partial charge in [-0.2, -0.15) is 0 Å². The summed E-state index contributed by atoms with van der Waals surface area (Å²) in [6.07, 6.45) is 8.37. The molecule has 0 heterocycles. The van der Waals surface area contributed by atoms with Crippen molar-refractivity contribution in [1.82, 2.24) is 0 Å². The van der Waals surface area contributed by atoms with E-state index in [9.17, 15) is 0 Å². The molecule has 0 bridgehead atoms.